The molecule has 0 N–H and O–H groups in total. The van der Waals surface area contributed by atoms with E-state index in [1.807, 2.05) is 23.1 Å². The van der Waals surface area contributed by atoms with Crippen LogP contribution in [-0.4, -0.2) is 37.0 Å². The second-order valence-electron chi connectivity index (χ2n) is 5.73. The standard InChI is InChI=1S/C15H18Cl2N2O/c1-10-8-12(10)15(20)19-6-4-18(5-7-19)11-2-3-13(16)14(17)9-11/h2-3,9-10,12H,4-8H2,1H3/t10-,12+/m1/s1. The lowest BCUT2D eigenvalue weighted by molar-refractivity contribution is -0.133. The minimum absolute atomic E-state index is 0.284. The van der Waals surface area contributed by atoms with Crippen LogP contribution in [0.1, 0.15) is 13.3 Å². The first kappa shape index (κ1) is 14.0. The van der Waals surface area contributed by atoms with Gasteiger partial charge in [-0.2, -0.15) is 0 Å². The van der Waals surface area contributed by atoms with Crippen molar-refractivity contribution in [2.75, 3.05) is 31.1 Å². The fourth-order valence-corrected chi connectivity index (χ4v) is 3.06. The Morgan fingerprint density at radius 2 is 1.80 bits per heavy atom. The largest absolute Gasteiger partial charge is 0.368 e. The molecule has 0 radical (unpaired) electrons. The highest BCUT2D eigenvalue weighted by Gasteiger charge is 2.41. The fourth-order valence-electron chi connectivity index (χ4n) is 2.77. The summed E-state index contributed by atoms with van der Waals surface area (Å²) < 4.78 is 0. The van der Waals surface area contributed by atoms with E-state index in [1.54, 1.807) is 0 Å². The monoisotopic (exact) mass is 312 g/mol. The molecule has 1 aliphatic heterocycles. The van der Waals surface area contributed by atoms with Crippen molar-refractivity contribution in [1.29, 1.82) is 0 Å². The van der Waals surface area contributed by atoms with E-state index < -0.39 is 0 Å². The Hall–Kier alpha value is -0.930. The first-order chi connectivity index (χ1) is 9.56. The quantitative estimate of drug-likeness (QED) is 0.836. The SMILES string of the molecule is C[C@@H]1C[C@@H]1C(=O)N1CCN(c2ccc(Cl)c(Cl)c2)CC1. The minimum atomic E-state index is 0.284. The number of hydrogen-bond acceptors (Lipinski definition) is 2. The van der Waals surface area contributed by atoms with Gasteiger partial charge in [-0.15, -0.1) is 0 Å². The highest BCUT2D eigenvalue weighted by atomic mass is 35.5. The van der Waals surface area contributed by atoms with Gasteiger partial charge in [0.1, 0.15) is 0 Å². The van der Waals surface area contributed by atoms with Crippen LogP contribution in [0.3, 0.4) is 0 Å². The summed E-state index contributed by atoms with van der Waals surface area (Å²) in [7, 11) is 0. The molecule has 2 aliphatic rings. The van der Waals surface area contributed by atoms with E-state index in [0.29, 0.717) is 21.9 Å². The van der Waals surface area contributed by atoms with Gasteiger partial charge in [-0.3, -0.25) is 4.79 Å². The zero-order valence-corrected chi connectivity index (χ0v) is 13.0. The van der Waals surface area contributed by atoms with Crippen molar-refractivity contribution in [2.45, 2.75) is 13.3 Å². The zero-order chi connectivity index (χ0) is 14.3. The van der Waals surface area contributed by atoms with Crippen molar-refractivity contribution in [1.82, 2.24) is 4.90 Å². The molecule has 1 saturated carbocycles. The molecule has 108 valence electrons. The number of rotatable bonds is 2. The average Bonchev–Trinajstić information content (AvgIpc) is 3.18. The minimum Gasteiger partial charge on any atom is -0.368 e. The number of carbonyl (C=O) groups is 1. The number of nitrogens with zero attached hydrogens (tertiary/aromatic N) is 2. The number of piperazine rings is 1. The summed E-state index contributed by atoms with van der Waals surface area (Å²) in [5.74, 6) is 1.20. The van der Waals surface area contributed by atoms with Crippen LogP contribution in [0.4, 0.5) is 5.69 Å². The van der Waals surface area contributed by atoms with Crippen LogP contribution in [-0.2, 0) is 4.79 Å². The molecule has 0 bridgehead atoms. The lowest BCUT2D eigenvalue weighted by Gasteiger charge is -2.36. The number of amides is 1. The summed E-state index contributed by atoms with van der Waals surface area (Å²) >= 11 is 12.0. The van der Waals surface area contributed by atoms with E-state index in [4.69, 9.17) is 23.2 Å². The summed E-state index contributed by atoms with van der Waals surface area (Å²) in [5, 5.41) is 1.15. The summed E-state index contributed by atoms with van der Waals surface area (Å²) in [6.45, 7) is 5.44. The van der Waals surface area contributed by atoms with E-state index in [1.165, 1.54) is 0 Å². The number of carbonyl (C=O) groups excluding carboxylic acids is 1. The number of halogens is 2. The third-order valence-corrected chi connectivity index (χ3v) is 5.03. The maximum atomic E-state index is 12.2. The molecule has 2 atom stereocenters. The van der Waals surface area contributed by atoms with Crippen molar-refractivity contribution < 1.29 is 4.79 Å². The predicted molar refractivity (Wildman–Crippen MR) is 82.5 cm³/mol. The topological polar surface area (TPSA) is 23.6 Å². The Kier molecular flexibility index (Phi) is 3.83. The summed E-state index contributed by atoms with van der Waals surface area (Å²) in [6, 6.07) is 5.70. The van der Waals surface area contributed by atoms with E-state index in [-0.39, 0.29) is 5.92 Å². The summed E-state index contributed by atoms with van der Waals surface area (Å²) in [6.07, 6.45) is 1.06. The fraction of sp³-hybridized carbons (Fsp3) is 0.533. The normalized spacial score (nSPS) is 25.8. The molecule has 1 heterocycles. The van der Waals surface area contributed by atoms with Gasteiger partial charge in [0.2, 0.25) is 5.91 Å². The second kappa shape index (κ2) is 5.45. The predicted octanol–water partition coefficient (Wildman–Crippen LogP) is 3.30. The number of benzene rings is 1. The molecule has 20 heavy (non-hydrogen) atoms. The van der Waals surface area contributed by atoms with Crippen molar-refractivity contribution in [3.05, 3.63) is 28.2 Å². The third kappa shape index (κ3) is 2.75. The molecule has 1 aromatic rings. The van der Waals surface area contributed by atoms with Crippen molar-refractivity contribution in [3.63, 3.8) is 0 Å². The van der Waals surface area contributed by atoms with Crippen LogP contribution in [0.15, 0.2) is 18.2 Å². The molecule has 3 nitrogen and oxygen atoms in total. The Bertz CT molecular complexity index is 527. The Morgan fingerprint density at radius 3 is 2.35 bits per heavy atom. The molecule has 1 aromatic carbocycles. The molecular weight excluding hydrogens is 295 g/mol. The van der Waals surface area contributed by atoms with E-state index in [0.717, 1.165) is 38.3 Å². The van der Waals surface area contributed by atoms with Crippen LogP contribution < -0.4 is 4.90 Å². The number of hydrogen-bond donors (Lipinski definition) is 0. The second-order valence-corrected chi connectivity index (χ2v) is 6.54. The van der Waals surface area contributed by atoms with Gasteiger partial charge >= 0.3 is 0 Å². The third-order valence-electron chi connectivity index (χ3n) is 4.29. The van der Waals surface area contributed by atoms with Gasteiger partial charge in [0.15, 0.2) is 0 Å². The molecule has 0 aromatic heterocycles. The maximum Gasteiger partial charge on any atom is 0.226 e. The average molecular weight is 313 g/mol. The molecule has 0 unspecified atom stereocenters. The lowest BCUT2D eigenvalue weighted by atomic mass is 10.2. The summed E-state index contributed by atoms with van der Waals surface area (Å²) in [4.78, 5) is 16.4. The highest BCUT2D eigenvalue weighted by molar-refractivity contribution is 6.42. The Balaban J connectivity index is 1.60. The molecular formula is C15H18Cl2N2O. The molecule has 3 rings (SSSR count). The first-order valence-electron chi connectivity index (χ1n) is 7.05. The van der Waals surface area contributed by atoms with Gasteiger partial charge in [0.05, 0.1) is 10.0 Å². The molecule has 2 fully saturated rings. The summed E-state index contributed by atoms with van der Waals surface area (Å²) in [5.41, 5.74) is 1.08. The Morgan fingerprint density at radius 1 is 1.15 bits per heavy atom. The number of anilines is 1. The van der Waals surface area contributed by atoms with Gasteiger partial charge in [-0.1, -0.05) is 30.1 Å². The first-order valence-corrected chi connectivity index (χ1v) is 7.80. The molecule has 5 heteroatoms. The van der Waals surface area contributed by atoms with Crippen LogP contribution in [0, 0.1) is 11.8 Å². The Labute approximate surface area is 129 Å². The van der Waals surface area contributed by atoms with E-state index in [9.17, 15) is 4.79 Å². The zero-order valence-electron chi connectivity index (χ0n) is 11.5. The smallest absolute Gasteiger partial charge is 0.226 e. The van der Waals surface area contributed by atoms with Crippen molar-refractivity contribution >= 4 is 34.8 Å². The molecule has 1 amide bonds. The van der Waals surface area contributed by atoms with Gasteiger partial charge in [0, 0.05) is 37.8 Å². The van der Waals surface area contributed by atoms with Crippen LogP contribution in [0.25, 0.3) is 0 Å². The van der Waals surface area contributed by atoms with Crippen molar-refractivity contribution in [3.8, 4) is 0 Å². The van der Waals surface area contributed by atoms with Crippen LogP contribution in [0.5, 0.6) is 0 Å². The van der Waals surface area contributed by atoms with Crippen LogP contribution in [0.2, 0.25) is 10.0 Å². The highest BCUT2D eigenvalue weighted by Crippen LogP contribution is 2.39. The van der Waals surface area contributed by atoms with E-state index >= 15 is 0 Å². The van der Waals surface area contributed by atoms with Gasteiger partial charge in [-0.25, -0.2) is 0 Å². The molecule has 1 saturated heterocycles. The molecule has 1 aliphatic carbocycles. The van der Waals surface area contributed by atoms with Gasteiger partial charge < -0.3 is 9.80 Å². The van der Waals surface area contributed by atoms with Crippen LogP contribution >= 0.6 is 23.2 Å². The maximum absolute atomic E-state index is 12.2. The van der Waals surface area contributed by atoms with Crippen molar-refractivity contribution in [2.24, 2.45) is 11.8 Å². The van der Waals surface area contributed by atoms with Gasteiger partial charge in [0.25, 0.3) is 0 Å². The molecule has 0 spiro atoms. The lowest BCUT2D eigenvalue weighted by Crippen LogP contribution is -2.49. The van der Waals surface area contributed by atoms with Gasteiger partial charge in [-0.05, 0) is 30.5 Å². The van der Waals surface area contributed by atoms with E-state index in [2.05, 4.69) is 11.8 Å².